The topological polar surface area (TPSA) is 37.3 Å². The molecule has 1 saturated carbocycles. The van der Waals surface area contributed by atoms with Gasteiger partial charge in [-0.1, -0.05) is 49.4 Å². The zero-order chi connectivity index (χ0) is 13.7. The maximum Gasteiger partial charge on any atom is 0.317 e. The first-order chi connectivity index (χ1) is 9.18. The summed E-state index contributed by atoms with van der Waals surface area (Å²) in [7, 11) is 0. The highest BCUT2D eigenvalue weighted by Gasteiger charge is 2.30. The number of thioether (sulfide) groups is 1. The van der Waals surface area contributed by atoms with Crippen LogP contribution in [-0.4, -0.2) is 16.3 Å². The Morgan fingerprint density at radius 1 is 1.21 bits per heavy atom. The molecule has 0 heterocycles. The highest BCUT2D eigenvalue weighted by atomic mass is 35.5. The SMILES string of the molecule is O=C(O)C(Sc1ccccc1Cl)C1CCCCCC1. The first-order valence-corrected chi connectivity index (χ1v) is 8.08. The molecular formula is C15H19ClO2S. The van der Waals surface area contributed by atoms with E-state index in [9.17, 15) is 9.90 Å². The molecular weight excluding hydrogens is 280 g/mol. The van der Waals surface area contributed by atoms with Gasteiger partial charge in [0.05, 0.1) is 5.02 Å². The molecule has 1 aromatic rings. The number of rotatable bonds is 4. The van der Waals surface area contributed by atoms with Crippen LogP contribution in [0.15, 0.2) is 29.2 Å². The fraction of sp³-hybridized carbons (Fsp3) is 0.533. The molecule has 2 nitrogen and oxygen atoms in total. The number of benzene rings is 1. The Balaban J connectivity index is 2.11. The number of hydrogen-bond donors (Lipinski definition) is 1. The maximum absolute atomic E-state index is 11.6. The summed E-state index contributed by atoms with van der Waals surface area (Å²) in [6.07, 6.45) is 6.82. The molecule has 0 amide bonds. The van der Waals surface area contributed by atoms with Gasteiger partial charge in [0.2, 0.25) is 0 Å². The zero-order valence-corrected chi connectivity index (χ0v) is 12.4. The van der Waals surface area contributed by atoms with Crippen molar-refractivity contribution in [3.63, 3.8) is 0 Å². The van der Waals surface area contributed by atoms with E-state index in [2.05, 4.69) is 0 Å². The van der Waals surface area contributed by atoms with Gasteiger partial charge in [-0.3, -0.25) is 4.79 Å². The lowest BCUT2D eigenvalue weighted by Crippen LogP contribution is -2.26. The van der Waals surface area contributed by atoms with Crippen molar-refractivity contribution in [2.24, 2.45) is 5.92 Å². The van der Waals surface area contributed by atoms with Crippen LogP contribution in [0, 0.1) is 5.92 Å². The standard InChI is InChI=1S/C15H19ClO2S/c16-12-9-5-6-10-13(12)19-14(15(17)18)11-7-3-1-2-4-8-11/h5-6,9-11,14H,1-4,7-8H2,(H,17,18). The van der Waals surface area contributed by atoms with Crippen LogP contribution < -0.4 is 0 Å². The van der Waals surface area contributed by atoms with E-state index in [0.29, 0.717) is 5.02 Å². The van der Waals surface area contributed by atoms with Gasteiger partial charge in [-0.25, -0.2) is 0 Å². The van der Waals surface area contributed by atoms with Crippen molar-refractivity contribution in [2.45, 2.75) is 48.7 Å². The Labute approximate surface area is 123 Å². The van der Waals surface area contributed by atoms with E-state index in [4.69, 9.17) is 11.6 Å². The molecule has 1 aliphatic carbocycles. The highest BCUT2D eigenvalue weighted by Crippen LogP contribution is 2.38. The number of hydrogen-bond acceptors (Lipinski definition) is 2. The number of aliphatic carboxylic acids is 1. The third-order valence-corrected chi connectivity index (χ3v) is 5.55. The van der Waals surface area contributed by atoms with E-state index in [0.717, 1.165) is 30.6 Å². The van der Waals surface area contributed by atoms with Crippen molar-refractivity contribution in [3.8, 4) is 0 Å². The van der Waals surface area contributed by atoms with Crippen molar-refractivity contribution in [2.75, 3.05) is 0 Å². The van der Waals surface area contributed by atoms with Gasteiger partial charge in [0.25, 0.3) is 0 Å². The van der Waals surface area contributed by atoms with Crippen molar-refractivity contribution in [1.29, 1.82) is 0 Å². The molecule has 4 heteroatoms. The van der Waals surface area contributed by atoms with Gasteiger partial charge >= 0.3 is 5.97 Å². The van der Waals surface area contributed by atoms with E-state index in [1.54, 1.807) is 0 Å². The maximum atomic E-state index is 11.6. The average Bonchev–Trinajstić information content (AvgIpc) is 2.66. The second kappa shape index (κ2) is 7.20. The van der Waals surface area contributed by atoms with Crippen molar-refractivity contribution in [3.05, 3.63) is 29.3 Å². The smallest absolute Gasteiger partial charge is 0.317 e. The van der Waals surface area contributed by atoms with Crippen LogP contribution in [0.5, 0.6) is 0 Å². The van der Waals surface area contributed by atoms with Crippen LogP contribution in [0.1, 0.15) is 38.5 Å². The average molecular weight is 299 g/mol. The number of carbonyl (C=O) groups is 1. The molecule has 0 aliphatic heterocycles. The molecule has 1 aromatic carbocycles. The first-order valence-electron chi connectivity index (χ1n) is 6.82. The molecule has 2 rings (SSSR count). The Hall–Kier alpha value is -0.670. The van der Waals surface area contributed by atoms with Crippen LogP contribution >= 0.6 is 23.4 Å². The molecule has 0 aromatic heterocycles. The summed E-state index contributed by atoms with van der Waals surface area (Å²) in [5, 5.41) is 9.77. The summed E-state index contributed by atoms with van der Waals surface area (Å²) >= 11 is 7.54. The summed E-state index contributed by atoms with van der Waals surface area (Å²) < 4.78 is 0. The van der Waals surface area contributed by atoms with Gasteiger partial charge in [-0.15, -0.1) is 11.8 Å². The van der Waals surface area contributed by atoms with Crippen molar-refractivity contribution in [1.82, 2.24) is 0 Å². The number of halogens is 1. The Morgan fingerprint density at radius 3 is 2.42 bits per heavy atom. The van der Waals surface area contributed by atoms with E-state index in [1.165, 1.54) is 24.6 Å². The normalized spacial score (nSPS) is 18.8. The first kappa shape index (κ1) is 14.7. The molecule has 0 radical (unpaired) electrons. The van der Waals surface area contributed by atoms with E-state index < -0.39 is 5.97 Å². The lowest BCUT2D eigenvalue weighted by Gasteiger charge is -2.22. The number of carboxylic acid groups (broad SMARTS) is 1. The summed E-state index contributed by atoms with van der Waals surface area (Å²) in [5.74, 6) is -0.446. The van der Waals surface area contributed by atoms with Gasteiger partial charge in [0.15, 0.2) is 0 Å². The molecule has 19 heavy (non-hydrogen) atoms. The lowest BCUT2D eigenvalue weighted by atomic mass is 9.96. The Bertz CT molecular complexity index is 428. The summed E-state index contributed by atoms with van der Waals surface area (Å²) in [4.78, 5) is 12.4. The Kier molecular flexibility index (Phi) is 5.59. The largest absolute Gasteiger partial charge is 0.480 e. The van der Waals surface area contributed by atoms with Crippen molar-refractivity contribution >= 4 is 29.3 Å². The molecule has 0 bridgehead atoms. The second-order valence-corrected chi connectivity index (χ2v) is 6.65. The molecule has 1 unspecified atom stereocenters. The van der Waals surface area contributed by atoms with Crippen molar-refractivity contribution < 1.29 is 9.90 Å². The van der Waals surface area contributed by atoms with Crippen LogP contribution in [0.4, 0.5) is 0 Å². The van der Waals surface area contributed by atoms with Crippen LogP contribution in [-0.2, 0) is 4.79 Å². The second-order valence-electron chi connectivity index (χ2n) is 5.06. The Morgan fingerprint density at radius 2 is 1.84 bits per heavy atom. The van der Waals surface area contributed by atoms with Crippen LogP contribution in [0.3, 0.4) is 0 Å². The van der Waals surface area contributed by atoms with E-state index in [1.807, 2.05) is 24.3 Å². The minimum atomic E-state index is -0.711. The van der Waals surface area contributed by atoms with Gasteiger partial charge < -0.3 is 5.11 Å². The molecule has 1 atom stereocenters. The monoisotopic (exact) mass is 298 g/mol. The number of carboxylic acids is 1. The quantitative estimate of drug-likeness (QED) is 0.637. The minimum Gasteiger partial charge on any atom is -0.480 e. The summed E-state index contributed by atoms with van der Waals surface area (Å²) in [6, 6.07) is 7.49. The minimum absolute atomic E-state index is 0.265. The predicted octanol–water partition coefficient (Wildman–Crippen LogP) is 4.86. The fourth-order valence-electron chi connectivity index (χ4n) is 2.64. The molecule has 0 spiro atoms. The van der Waals surface area contributed by atoms with Crippen LogP contribution in [0.2, 0.25) is 5.02 Å². The molecule has 0 saturated heterocycles. The third-order valence-electron chi connectivity index (χ3n) is 3.66. The molecule has 1 aliphatic rings. The highest BCUT2D eigenvalue weighted by molar-refractivity contribution is 8.00. The lowest BCUT2D eigenvalue weighted by molar-refractivity contribution is -0.137. The van der Waals surface area contributed by atoms with Gasteiger partial charge in [-0.05, 0) is 30.9 Å². The van der Waals surface area contributed by atoms with Crippen LogP contribution in [0.25, 0.3) is 0 Å². The predicted molar refractivity (Wildman–Crippen MR) is 79.9 cm³/mol. The third kappa shape index (κ3) is 4.15. The summed E-state index contributed by atoms with van der Waals surface area (Å²) in [5.41, 5.74) is 0. The van der Waals surface area contributed by atoms with E-state index in [-0.39, 0.29) is 11.2 Å². The van der Waals surface area contributed by atoms with E-state index >= 15 is 0 Å². The molecule has 104 valence electrons. The van der Waals surface area contributed by atoms with Gasteiger partial charge in [0.1, 0.15) is 5.25 Å². The molecule has 1 N–H and O–H groups in total. The van der Waals surface area contributed by atoms with Gasteiger partial charge in [0, 0.05) is 4.90 Å². The zero-order valence-electron chi connectivity index (χ0n) is 10.8. The fourth-order valence-corrected chi connectivity index (χ4v) is 4.09. The summed E-state index contributed by atoms with van der Waals surface area (Å²) in [6.45, 7) is 0. The van der Waals surface area contributed by atoms with Gasteiger partial charge in [-0.2, -0.15) is 0 Å². The molecule has 1 fully saturated rings.